The van der Waals surface area contributed by atoms with Gasteiger partial charge in [0.1, 0.15) is 0 Å². The van der Waals surface area contributed by atoms with Crippen LogP contribution in [0.1, 0.15) is 43.6 Å². The van der Waals surface area contributed by atoms with Gasteiger partial charge in [-0.1, -0.05) is 35.9 Å². The molecule has 0 heterocycles. The fourth-order valence-corrected chi connectivity index (χ4v) is 3.24. The first-order valence-corrected chi connectivity index (χ1v) is 10.2. The second-order valence-corrected chi connectivity index (χ2v) is 7.43. The van der Waals surface area contributed by atoms with Crippen molar-refractivity contribution in [1.82, 2.24) is 10.4 Å². The summed E-state index contributed by atoms with van der Waals surface area (Å²) >= 11 is 0. The van der Waals surface area contributed by atoms with Crippen LogP contribution >= 0.6 is 0 Å². The molecule has 0 atom stereocenters. The zero-order chi connectivity index (χ0) is 23.3. The molecule has 0 aromatic heterocycles. The maximum Gasteiger partial charge on any atom is 0.275 e. The van der Waals surface area contributed by atoms with E-state index in [1.165, 1.54) is 0 Å². The van der Waals surface area contributed by atoms with Crippen LogP contribution in [0.3, 0.4) is 0 Å². The molecule has 0 radical (unpaired) electrons. The molecule has 3 aromatic carbocycles. The molecule has 7 nitrogen and oxygen atoms in total. The van der Waals surface area contributed by atoms with E-state index in [1.807, 2.05) is 26.0 Å². The molecule has 7 heteroatoms. The van der Waals surface area contributed by atoms with Crippen LogP contribution in [-0.2, 0) is 0 Å². The first kappa shape index (κ1) is 22.7. The number of carbonyl (C=O) groups excluding carboxylic acids is 3. The van der Waals surface area contributed by atoms with Crippen LogP contribution in [0.2, 0.25) is 0 Å². The number of amides is 3. The van der Waals surface area contributed by atoms with Crippen LogP contribution in [-0.4, -0.2) is 41.4 Å². The number of rotatable bonds is 6. The molecule has 0 unspecified atom stereocenters. The summed E-state index contributed by atoms with van der Waals surface area (Å²) in [5.41, 5.74) is 5.26. The third-order valence-corrected chi connectivity index (χ3v) is 5.16. The van der Waals surface area contributed by atoms with Gasteiger partial charge in [-0.3, -0.25) is 19.6 Å². The Morgan fingerprint density at radius 1 is 0.906 bits per heavy atom. The lowest BCUT2D eigenvalue weighted by molar-refractivity contribution is 0.0706. The molecule has 0 aliphatic rings. The van der Waals surface area contributed by atoms with E-state index in [0.717, 1.165) is 5.56 Å². The number of anilines is 1. The Morgan fingerprint density at radius 2 is 1.59 bits per heavy atom. The molecule has 3 rings (SSSR count). The summed E-state index contributed by atoms with van der Waals surface area (Å²) in [7, 11) is 1.69. The zero-order valence-electron chi connectivity index (χ0n) is 18.2. The number of benzene rings is 3. The van der Waals surface area contributed by atoms with E-state index >= 15 is 0 Å². The fraction of sp³-hybridized carbons (Fsp3) is 0.160. The maximum atomic E-state index is 12.9. The van der Waals surface area contributed by atoms with Crippen molar-refractivity contribution >= 4 is 23.4 Å². The molecule has 0 spiro atoms. The summed E-state index contributed by atoms with van der Waals surface area (Å²) in [4.78, 5) is 39.3. The summed E-state index contributed by atoms with van der Waals surface area (Å²) < 4.78 is 0. The zero-order valence-corrected chi connectivity index (χ0v) is 18.2. The number of hydrogen-bond acceptors (Lipinski definition) is 4. The van der Waals surface area contributed by atoms with Crippen molar-refractivity contribution in [1.29, 1.82) is 0 Å². The Labute approximate surface area is 186 Å². The normalized spacial score (nSPS) is 10.4. The largest absolute Gasteiger partial charge is 0.342 e. The third kappa shape index (κ3) is 5.01. The molecule has 3 amide bonds. The predicted octanol–water partition coefficient (Wildman–Crippen LogP) is 4.13. The molecule has 32 heavy (non-hydrogen) atoms. The topological polar surface area (TPSA) is 98.7 Å². The highest BCUT2D eigenvalue weighted by Crippen LogP contribution is 2.29. The van der Waals surface area contributed by atoms with E-state index in [1.54, 1.807) is 72.0 Å². The molecule has 0 aliphatic carbocycles. The molecule has 0 bridgehead atoms. The van der Waals surface area contributed by atoms with Crippen LogP contribution < -0.4 is 10.8 Å². The third-order valence-electron chi connectivity index (χ3n) is 5.16. The Morgan fingerprint density at radius 3 is 2.25 bits per heavy atom. The highest BCUT2D eigenvalue weighted by Gasteiger charge is 2.18. The highest BCUT2D eigenvalue weighted by atomic mass is 16.5. The molecular weight excluding hydrogens is 406 g/mol. The second kappa shape index (κ2) is 9.89. The van der Waals surface area contributed by atoms with Crippen LogP contribution in [0.25, 0.3) is 11.1 Å². The quantitative estimate of drug-likeness (QED) is 0.404. The average Bonchev–Trinajstić information content (AvgIpc) is 2.82. The summed E-state index contributed by atoms with van der Waals surface area (Å²) in [6.45, 7) is 4.31. The Balaban J connectivity index is 2.08. The van der Waals surface area contributed by atoms with Gasteiger partial charge in [0.15, 0.2) is 0 Å². The minimum Gasteiger partial charge on any atom is -0.342 e. The summed E-state index contributed by atoms with van der Waals surface area (Å²) in [6, 6.07) is 18.8. The fourth-order valence-electron chi connectivity index (χ4n) is 3.24. The van der Waals surface area contributed by atoms with Gasteiger partial charge < -0.3 is 10.2 Å². The molecular formula is C25H25N3O4. The van der Waals surface area contributed by atoms with E-state index in [9.17, 15) is 14.4 Å². The maximum absolute atomic E-state index is 12.9. The van der Waals surface area contributed by atoms with Gasteiger partial charge >= 0.3 is 0 Å². The van der Waals surface area contributed by atoms with Gasteiger partial charge in [0, 0.05) is 36.0 Å². The van der Waals surface area contributed by atoms with Crippen LogP contribution in [0.4, 0.5) is 5.69 Å². The minimum absolute atomic E-state index is 0.218. The van der Waals surface area contributed by atoms with E-state index in [-0.39, 0.29) is 17.4 Å². The molecule has 0 saturated heterocycles. The monoisotopic (exact) mass is 431 g/mol. The van der Waals surface area contributed by atoms with Crippen LogP contribution in [0, 0.1) is 6.92 Å². The standard InChI is InChI=1S/C25H25N3O4/c1-4-28(3)25(31)19-13-18(21-7-5-6-8-22(21)24(30)27-32)14-20(15-19)26-23(29)17-11-9-16(2)10-12-17/h5-15,32H,4H2,1-3H3,(H,26,29)(H,27,30). The van der Waals surface area contributed by atoms with Crippen molar-refractivity contribution in [2.45, 2.75) is 13.8 Å². The van der Waals surface area contributed by atoms with E-state index in [2.05, 4.69) is 5.32 Å². The van der Waals surface area contributed by atoms with Crippen molar-refractivity contribution < 1.29 is 19.6 Å². The van der Waals surface area contributed by atoms with Crippen molar-refractivity contribution in [2.75, 3.05) is 18.9 Å². The van der Waals surface area contributed by atoms with Crippen molar-refractivity contribution in [3.8, 4) is 11.1 Å². The first-order chi connectivity index (χ1) is 15.3. The molecule has 0 fully saturated rings. The number of hydrogen-bond donors (Lipinski definition) is 3. The molecule has 164 valence electrons. The summed E-state index contributed by atoms with van der Waals surface area (Å²) in [6.07, 6.45) is 0. The van der Waals surface area contributed by atoms with E-state index < -0.39 is 5.91 Å². The average molecular weight is 431 g/mol. The van der Waals surface area contributed by atoms with Gasteiger partial charge in [0.05, 0.1) is 0 Å². The summed E-state index contributed by atoms with van der Waals surface area (Å²) in [5, 5.41) is 12.0. The minimum atomic E-state index is -0.673. The number of carbonyl (C=O) groups is 3. The van der Waals surface area contributed by atoms with Crippen molar-refractivity contribution in [3.05, 3.63) is 89.0 Å². The number of aryl methyl sites for hydroxylation is 1. The first-order valence-electron chi connectivity index (χ1n) is 10.2. The highest BCUT2D eigenvalue weighted by molar-refractivity contribution is 6.06. The van der Waals surface area contributed by atoms with Gasteiger partial charge in [-0.05, 0) is 61.4 Å². The lowest BCUT2D eigenvalue weighted by atomic mass is 9.96. The van der Waals surface area contributed by atoms with Gasteiger partial charge in [0.25, 0.3) is 17.7 Å². The molecule has 3 aromatic rings. The van der Waals surface area contributed by atoms with Crippen molar-refractivity contribution in [2.24, 2.45) is 0 Å². The van der Waals surface area contributed by atoms with Crippen LogP contribution in [0.5, 0.6) is 0 Å². The van der Waals surface area contributed by atoms with Crippen molar-refractivity contribution in [3.63, 3.8) is 0 Å². The van der Waals surface area contributed by atoms with Gasteiger partial charge in [-0.15, -0.1) is 0 Å². The van der Waals surface area contributed by atoms with E-state index in [4.69, 9.17) is 5.21 Å². The molecule has 0 saturated carbocycles. The molecule has 3 N–H and O–H groups in total. The lowest BCUT2D eigenvalue weighted by Gasteiger charge is -2.17. The predicted molar refractivity (Wildman–Crippen MR) is 123 cm³/mol. The number of nitrogens with zero attached hydrogens (tertiary/aromatic N) is 1. The Kier molecular flexibility index (Phi) is 7.02. The smallest absolute Gasteiger partial charge is 0.275 e. The Bertz CT molecular complexity index is 1160. The van der Waals surface area contributed by atoms with Crippen LogP contribution in [0.15, 0.2) is 66.7 Å². The Hall–Kier alpha value is -3.97. The lowest BCUT2D eigenvalue weighted by Crippen LogP contribution is -2.26. The second-order valence-electron chi connectivity index (χ2n) is 7.43. The van der Waals surface area contributed by atoms with Gasteiger partial charge in [-0.2, -0.15) is 0 Å². The summed E-state index contributed by atoms with van der Waals surface area (Å²) in [5.74, 6) is -1.21. The SMILES string of the molecule is CCN(C)C(=O)c1cc(NC(=O)c2ccc(C)cc2)cc(-c2ccccc2C(=O)NO)c1. The van der Waals surface area contributed by atoms with E-state index in [0.29, 0.717) is 34.5 Å². The molecule has 0 aliphatic heterocycles. The van der Waals surface area contributed by atoms with Gasteiger partial charge in [-0.25, -0.2) is 5.48 Å². The number of hydroxylamine groups is 1. The number of nitrogens with one attached hydrogen (secondary N) is 2. The van der Waals surface area contributed by atoms with Gasteiger partial charge in [0.2, 0.25) is 0 Å².